The molecule has 4 nitrogen and oxygen atoms in total. The van der Waals surface area contributed by atoms with Crippen molar-refractivity contribution in [3.05, 3.63) is 51.8 Å². The molecule has 0 radical (unpaired) electrons. The first-order valence-corrected chi connectivity index (χ1v) is 5.87. The first kappa shape index (κ1) is 12.0. The number of halogens is 2. The number of pyridine rings is 2. The number of nitrogens with zero attached hydrogens (tertiary/aromatic N) is 2. The highest BCUT2D eigenvalue weighted by Gasteiger charge is 2.12. The fourth-order valence-corrected chi connectivity index (χ4v) is 1.72. The summed E-state index contributed by atoms with van der Waals surface area (Å²) in [4.78, 5) is 19.8. The maximum Gasteiger partial charge on any atom is 0.259 e. The van der Waals surface area contributed by atoms with Crippen molar-refractivity contribution in [3.8, 4) is 0 Å². The minimum atomic E-state index is -0.345. The van der Waals surface area contributed by atoms with Crippen LogP contribution in [-0.4, -0.2) is 15.9 Å². The molecule has 86 valence electrons. The lowest BCUT2D eigenvalue weighted by Crippen LogP contribution is -2.13. The second kappa shape index (κ2) is 5.25. The van der Waals surface area contributed by atoms with E-state index in [9.17, 15) is 4.79 Å². The summed E-state index contributed by atoms with van der Waals surface area (Å²) < 4.78 is 0.688. The van der Waals surface area contributed by atoms with Crippen molar-refractivity contribution in [1.82, 2.24) is 9.97 Å². The van der Waals surface area contributed by atoms with Crippen molar-refractivity contribution in [3.63, 3.8) is 0 Å². The first-order chi connectivity index (χ1) is 8.16. The summed E-state index contributed by atoms with van der Waals surface area (Å²) in [6.45, 7) is 0. The highest BCUT2D eigenvalue weighted by Crippen LogP contribution is 2.19. The van der Waals surface area contributed by atoms with E-state index >= 15 is 0 Å². The van der Waals surface area contributed by atoms with Gasteiger partial charge in [-0.1, -0.05) is 17.7 Å². The molecule has 0 aliphatic rings. The van der Waals surface area contributed by atoms with Crippen LogP contribution in [0.5, 0.6) is 0 Å². The van der Waals surface area contributed by atoms with E-state index in [0.29, 0.717) is 15.9 Å². The Bertz CT molecular complexity index is 548. The average Bonchev–Trinajstić information content (AvgIpc) is 2.33. The molecule has 0 spiro atoms. The van der Waals surface area contributed by atoms with E-state index in [1.165, 1.54) is 6.20 Å². The number of nitrogens with one attached hydrogen (secondary N) is 1. The Balaban J connectivity index is 2.23. The Morgan fingerprint density at radius 2 is 2.18 bits per heavy atom. The molecule has 2 aromatic heterocycles. The number of hydrogen-bond donors (Lipinski definition) is 1. The minimum Gasteiger partial charge on any atom is -0.306 e. The zero-order valence-corrected chi connectivity index (χ0v) is 10.9. The Hall–Kier alpha value is -1.46. The van der Waals surface area contributed by atoms with Gasteiger partial charge < -0.3 is 5.32 Å². The number of anilines is 1. The van der Waals surface area contributed by atoms with Crippen molar-refractivity contribution >= 4 is 39.3 Å². The van der Waals surface area contributed by atoms with Gasteiger partial charge in [0, 0.05) is 16.9 Å². The molecule has 0 unspecified atom stereocenters. The topological polar surface area (TPSA) is 54.9 Å². The summed E-state index contributed by atoms with van der Waals surface area (Å²) >= 11 is 9.08. The molecule has 0 atom stereocenters. The molecule has 0 bridgehead atoms. The Labute approximate surface area is 111 Å². The smallest absolute Gasteiger partial charge is 0.259 e. The van der Waals surface area contributed by atoms with Crippen LogP contribution in [0.2, 0.25) is 5.15 Å². The fourth-order valence-electron chi connectivity index (χ4n) is 1.20. The van der Waals surface area contributed by atoms with E-state index in [4.69, 9.17) is 11.6 Å². The number of rotatable bonds is 2. The quantitative estimate of drug-likeness (QED) is 0.867. The summed E-state index contributed by atoms with van der Waals surface area (Å²) in [7, 11) is 0. The average molecular weight is 313 g/mol. The van der Waals surface area contributed by atoms with Gasteiger partial charge >= 0.3 is 0 Å². The molecule has 2 aromatic rings. The highest BCUT2D eigenvalue weighted by atomic mass is 79.9. The fraction of sp³-hybridized carbons (Fsp3) is 0. The maximum absolute atomic E-state index is 11.9. The molecule has 17 heavy (non-hydrogen) atoms. The molecule has 0 fully saturated rings. The van der Waals surface area contributed by atoms with E-state index < -0.39 is 0 Å². The van der Waals surface area contributed by atoms with Crippen LogP contribution >= 0.6 is 27.5 Å². The second-order valence-corrected chi connectivity index (χ2v) is 4.43. The molecule has 0 saturated carbocycles. The summed E-state index contributed by atoms with van der Waals surface area (Å²) in [5.41, 5.74) is 0.298. The second-order valence-electron chi connectivity index (χ2n) is 3.16. The van der Waals surface area contributed by atoms with E-state index in [0.717, 1.165) is 0 Å². The van der Waals surface area contributed by atoms with Gasteiger partial charge in [0.25, 0.3) is 5.91 Å². The lowest BCUT2D eigenvalue weighted by Gasteiger charge is -2.05. The molecular weight excluding hydrogens is 305 g/mol. The summed E-state index contributed by atoms with van der Waals surface area (Å²) in [5.74, 6) is 0.121. The lowest BCUT2D eigenvalue weighted by molar-refractivity contribution is 0.102. The van der Waals surface area contributed by atoms with Crippen LogP contribution in [0.4, 0.5) is 5.82 Å². The highest BCUT2D eigenvalue weighted by molar-refractivity contribution is 9.10. The third kappa shape index (κ3) is 3.01. The molecule has 2 rings (SSSR count). The summed E-state index contributed by atoms with van der Waals surface area (Å²) in [6, 6.07) is 6.84. The molecule has 1 N–H and O–H groups in total. The maximum atomic E-state index is 11.9. The van der Waals surface area contributed by atoms with Gasteiger partial charge in [-0.3, -0.25) is 4.79 Å². The van der Waals surface area contributed by atoms with Gasteiger partial charge in [-0.25, -0.2) is 9.97 Å². The van der Waals surface area contributed by atoms with Gasteiger partial charge in [0.05, 0.1) is 5.56 Å². The van der Waals surface area contributed by atoms with Gasteiger partial charge in [0.1, 0.15) is 11.0 Å². The van der Waals surface area contributed by atoms with Crippen molar-refractivity contribution in [1.29, 1.82) is 0 Å². The Kier molecular flexibility index (Phi) is 3.71. The molecular formula is C11H7BrClN3O. The van der Waals surface area contributed by atoms with Gasteiger partial charge in [0.15, 0.2) is 0 Å². The van der Waals surface area contributed by atoms with Crippen LogP contribution < -0.4 is 5.32 Å². The molecule has 6 heteroatoms. The van der Waals surface area contributed by atoms with Crippen LogP contribution in [0.1, 0.15) is 10.4 Å². The Morgan fingerprint density at radius 1 is 1.35 bits per heavy atom. The van der Waals surface area contributed by atoms with E-state index in [2.05, 4.69) is 31.2 Å². The third-order valence-electron chi connectivity index (χ3n) is 1.96. The predicted molar refractivity (Wildman–Crippen MR) is 69.1 cm³/mol. The summed E-state index contributed by atoms with van der Waals surface area (Å²) in [5, 5.41) is 2.79. The Morgan fingerprint density at radius 3 is 2.88 bits per heavy atom. The normalized spacial score (nSPS) is 10.0. The molecule has 0 aliphatic carbocycles. The number of carbonyl (C=O) groups is 1. The van der Waals surface area contributed by atoms with Gasteiger partial charge in [-0.15, -0.1) is 0 Å². The lowest BCUT2D eigenvalue weighted by atomic mass is 10.2. The molecule has 1 amide bonds. The van der Waals surface area contributed by atoms with Crippen molar-refractivity contribution in [2.75, 3.05) is 5.32 Å². The van der Waals surface area contributed by atoms with Crippen LogP contribution in [0.25, 0.3) is 0 Å². The van der Waals surface area contributed by atoms with Gasteiger partial charge in [0.2, 0.25) is 0 Å². The molecule has 0 saturated heterocycles. The third-order valence-corrected chi connectivity index (χ3v) is 2.69. The largest absolute Gasteiger partial charge is 0.306 e. The van der Waals surface area contributed by atoms with Gasteiger partial charge in [-0.2, -0.15) is 0 Å². The van der Waals surface area contributed by atoms with Crippen LogP contribution in [0, 0.1) is 0 Å². The van der Waals surface area contributed by atoms with Crippen LogP contribution in [0.15, 0.2) is 41.1 Å². The minimum absolute atomic E-state index is 0.154. The monoisotopic (exact) mass is 311 g/mol. The first-order valence-electron chi connectivity index (χ1n) is 4.70. The van der Waals surface area contributed by atoms with Crippen LogP contribution in [-0.2, 0) is 0 Å². The molecule has 0 aromatic carbocycles. The SMILES string of the molecule is O=C(Nc1ccccn1)c1cc(Br)cnc1Cl. The van der Waals surface area contributed by atoms with E-state index in [1.54, 1.807) is 30.5 Å². The molecule has 0 aliphatic heterocycles. The van der Waals surface area contributed by atoms with E-state index in [-0.39, 0.29) is 11.1 Å². The zero-order valence-electron chi connectivity index (χ0n) is 8.52. The predicted octanol–water partition coefficient (Wildman–Crippen LogP) is 3.14. The summed E-state index contributed by atoms with van der Waals surface area (Å²) in [6.07, 6.45) is 3.12. The molecule has 2 heterocycles. The standard InChI is InChI=1S/C11H7BrClN3O/c12-7-5-8(10(13)15-6-7)11(17)16-9-3-1-2-4-14-9/h1-6H,(H,14,16,17). The number of amides is 1. The van der Waals surface area contributed by atoms with Crippen molar-refractivity contribution in [2.45, 2.75) is 0 Å². The van der Waals surface area contributed by atoms with Crippen molar-refractivity contribution < 1.29 is 4.79 Å². The number of carbonyl (C=O) groups excluding carboxylic acids is 1. The zero-order chi connectivity index (χ0) is 12.3. The number of aromatic nitrogens is 2. The van der Waals surface area contributed by atoms with E-state index in [1.807, 2.05) is 0 Å². The van der Waals surface area contributed by atoms with Crippen LogP contribution in [0.3, 0.4) is 0 Å². The van der Waals surface area contributed by atoms with Crippen molar-refractivity contribution in [2.24, 2.45) is 0 Å². The number of hydrogen-bond acceptors (Lipinski definition) is 3. The van der Waals surface area contributed by atoms with Gasteiger partial charge in [-0.05, 0) is 34.1 Å².